The van der Waals surface area contributed by atoms with Gasteiger partial charge in [0.1, 0.15) is 6.33 Å². The molecule has 19 heavy (non-hydrogen) atoms. The van der Waals surface area contributed by atoms with Gasteiger partial charge >= 0.3 is 0 Å². The molecule has 7 nitrogen and oxygen atoms in total. The molecule has 1 saturated carbocycles. The number of nitrogen functional groups attached to an aromatic ring is 1. The second kappa shape index (κ2) is 5.21. The number of rotatable bonds is 5. The first-order chi connectivity index (χ1) is 9.31. The maximum atomic E-state index is 5.70. The summed E-state index contributed by atoms with van der Waals surface area (Å²) >= 11 is 0. The molecule has 2 aromatic rings. The number of anilines is 2. The summed E-state index contributed by atoms with van der Waals surface area (Å²) in [5.41, 5.74) is 5.70. The molecule has 1 aliphatic rings. The summed E-state index contributed by atoms with van der Waals surface area (Å²) in [6, 6.07) is 0. The molecule has 0 radical (unpaired) electrons. The highest BCUT2D eigenvalue weighted by atomic mass is 15.3. The normalized spacial score (nSPS) is 15.2. The van der Waals surface area contributed by atoms with E-state index in [4.69, 9.17) is 5.73 Å². The third-order valence-corrected chi connectivity index (χ3v) is 3.44. The lowest BCUT2D eigenvalue weighted by molar-refractivity contribution is 0.303. The van der Waals surface area contributed by atoms with E-state index in [0.29, 0.717) is 11.9 Å². The summed E-state index contributed by atoms with van der Waals surface area (Å²) < 4.78 is 1.70. The molecule has 2 heterocycles. The van der Waals surface area contributed by atoms with E-state index in [1.807, 2.05) is 0 Å². The lowest BCUT2D eigenvalue weighted by atomic mass is 9.83. The molecule has 1 fully saturated rings. The van der Waals surface area contributed by atoms with Crippen molar-refractivity contribution in [1.82, 2.24) is 24.5 Å². The molecule has 3 N–H and O–H groups in total. The van der Waals surface area contributed by atoms with Gasteiger partial charge in [0.25, 0.3) is 0 Å². The molecule has 0 unspecified atom stereocenters. The van der Waals surface area contributed by atoms with E-state index in [1.54, 1.807) is 23.3 Å². The zero-order valence-electron chi connectivity index (χ0n) is 10.7. The van der Waals surface area contributed by atoms with Crippen LogP contribution >= 0.6 is 0 Å². The summed E-state index contributed by atoms with van der Waals surface area (Å²) in [5, 5.41) is 3.21. The fraction of sp³-hybridized carbons (Fsp3) is 0.500. The first kappa shape index (κ1) is 11.9. The van der Waals surface area contributed by atoms with Crippen LogP contribution in [0.3, 0.4) is 0 Å². The Morgan fingerprint density at radius 2 is 2.21 bits per heavy atom. The van der Waals surface area contributed by atoms with Gasteiger partial charge in [0.2, 0.25) is 17.8 Å². The lowest BCUT2D eigenvalue weighted by Crippen LogP contribution is -2.17. The van der Waals surface area contributed by atoms with Gasteiger partial charge in [-0.05, 0) is 12.3 Å². The maximum Gasteiger partial charge on any atom is 0.241 e. The summed E-state index contributed by atoms with van der Waals surface area (Å²) in [7, 11) is 0. The van der Waals surface area contributed by atoms with Crippen LogP contribution in [0.4, 0.5) is 11.9 Å². The smallest absolute Gasteiger partial charge is 0.241 e. The summed E-state index contributed by atoms with van der Waals surface area (Å²) in [5.74, 6) is 2.08. The second-order valence-electron chi connectivity index (χ2n) is 4.80. The highest BCUT2D eigenvalue weighted by Gasteiger charge is 2.16. The van der Waals surface area contributed by atoms with Crippen molar-refractivity contribution < 1.29 is 0 Å². The van der Waals surface area contributed by atoms with Crippen molar-refractivity contribution in [3.05, 3.63) is 18.7 Å². The van der Waals surface area contributed by atoms with Crippen LogP contribution < -0.4 is 11.1 Å². The molecule has 3 rings (SSSR count). The van der Waals surface area contributed by atoms with Crippen LogP contribution in [0.15, 0.2) is 18.7 Å². The van der Waals surface area contributed by atoms with Crippen LogP contribution in [0.25, 0.3) is 5.95 Å². The average molecular weight is 259 g/mol. The van der Waals surface area contributed by atoms with Crippen LogP contribution in [0.2, 0.25) is 0 Å². The van der Waals surface area contributed by atoms with Gasteiger partial charge in [0.05, 0.1) is 0 Å². The van der Waals surface area contributed by atoms with Gasteiger partial charge in [-0.3, -0.25) is 4.57 Å². The fourth-order valence-corrected chi connectivity index (χ4v) is 2.12. The number of nitrogens with two attached hydrogens (primary N) is 1. The van der Waals surface area contributed by atoms with Crippen LogP contribution in [0.5, 0.6) is 0 Å². The van der Waals surface area contributed by atoms with E-state index in [2.05, 4.69) is 25.3 Å². The van der Waals surface area contributed by atoms with Gasteiger partial charge in [0.15, 0.2) is 0 Å². The summed E-state index contributed by atoms with van der Waals surface area (Å²) in [6.45, 7) is 0.873. The first-order valence-electron chi connectivity index (χ1n) is 6.55. The standard InChI is InChI=1S/C12H17N7/c13-10-16-11(15-5-4-9-2-1-3-9)18-12(17-10)19-7-6-14-8-19/h6-9H,1-5H2,(H3,13,15,16,17,18). The summed E-state index contributed by atoms with van der Waals surface area (Å²) in [4.78, 5) is 16.5. The molecule has 0 aliphatic heterocycles. The Labute approximate surface area is 111 Å². The molecule has 7 heteroatoms. The molecule has 0 amide bonds. The van der Waals surface area contributed by atoms with Crippen molar-refractivity contribution in [2.45, 2.75) is 25.7 Å². The largest absolute Gasteiger partial charge is 0.368 e. The number of hydrogen-bond acceptors (Lipinski definition) is 6. The van der Waals surface area contributed by atoms with Crippen LogP contribution in [0, 0.1) is 5.92 Å². The molecule has 1 aliphatic carbocycles. The third kappa shape index (κ3) is 2.81. The van der Waals surface area contributed by atoms with E-state index < -0.39 is 0 Å². The van der Waals surface area contributed by atoms with Gasteiger partial charge in [-0.25, -0.2) is 4.98 Å². The SMILES string of the molecule is Nc1nc(NCCC2CCC2)nc(-n2ccnc2)n1. The van der Waals surface area contributed by atoms with Crippen molar-refractivity contribution in [3.8, 4) is 5.95 Å². The Kier molecular flexibility index (Phi) is 3.26. The molecule has 0 saturated heterocycles. The Morgan fingerprint density at radius 3 is 2.89 bits per heavy atom. The van der Waals surface area contributed by atoms with Gasteiger partial charge in [-0.1, -0.05) is 19.3 Å². The predicted octanol–water partition coefficient (Wildman–Crippen LogP) is 1.24. The Balaban J connectivity index is 1.67. The number of imidazole rings is 1. The summed E-state index contributed by atoms with van der Waals surface area (Å²) in [6.07, 6.45) is 10.3. The van der Waals surface area contributed by atoms with E-state index in [1.165, 1.54) is 19.3 Å². The molecule has 100 valence electrons. The van der Waals surface area contributed by atoms with Crippen LogP contribution in [-0.2, 0) is 0 Å². The zero-order chi connectivity index (χ0) is 13.1. The molecule has 0 aromatic carbocycles. The topological polar surface area (TPSA) is 94.5 Å². The Hall–Kier alpha value is -2.18. The number of hydrogen-bond donors (Lipinski definition) is 2. The van der Waals surface area contributed by atoms with Crippen molar-refractivity contribution in [2.75, 3.05) is 17.6 Å². The van der Waals surface area contributed by atoms with Gasteiger partial charge < -0.3 is 11.1 Å². The quantitative estimate of drug-likeness (QED) is 0.839. The van der Waals surface area contributed by atoms with E-state index in [-0.39, 0.29) is 5.95 Å². The van der Waals surface area contributed by atoms with Crippen molar-refractivity contribution >= 4 is 11.9 Å². The molecule has 0 spiro atoms. The first-order valence-corrected chi connectivity index (χ1v) is 6.55. The number of nitrogens with zero attached hydrogens (tertiary/aromatic N) is 5. The molecular weight excluding hydrogens is 242 g/mol. The van der Waals surface area contributed by atoms with Crippen LogP contribution in [0.1, 0.15) is 25.7 Å². The predicted molar refractivity (Wildman–Crippen MR) is 71.8 cm³/mol. The van der Waals surface area contributed by atoms with Gasteiger partial charge in [-0.2, -0.15) is 15.0 Å². The lowest BCUT2D eigenvalue weighted by Gasteiger charge is -2.25. The molecule has 0 atom stereocenters. The van der Waals surface area contributed by atoms with E-state index >= 15 is 0 Å². The van der Waals surface area contributed by atoms with Gasteiger partial charge in [0, 0.05) is 18.9 Å². The second-order valence-corrected chi connectivity index (χ2v) is 4.80. The number of nitrogens with one attached hydrogen (secondary N) is 1. The minimum Gasteiger partial charge on any atom is -0.368 e. The molecule has 2 aromatic heterocycles. The molecule has 0 bridgehead atoms. The van der Waals surface area contributed by atoms with Crippen molar-refractivity contribution in [3.63, 3.8) is 0 Å². The minimum absolute atomic E-state index is 0.213. The minimum atomic E-state index is 0.213. The van der Waals surface area contributed by atoms with Gasteiger partial charge in [-0.15, -0.1) is 0 Å². The fourth-order valence-electron chi connectivity index (χ4n) is 2.12. The number of aromatic nitrogens is 5. The zero-order valence-corrected chi connectivity index (χ0v) is 10.7. The Bertz CT molecular complexity index is 533. The van der Waals surface area contributed by atoms with Crippen molar-refractivity contribution in [2.24, 2.45) is 5.92 Å². The van der Waals surface area contributed by atoms with Crippen molar-refractivity contribution in [1.29, 1.82) is 0 Å². The highest BCUT2D eigenvalue weighted by Crippen LogP contribution is 2.28. The van der Waals surface area contributed by atoms with E-state index in [9.17, 15) is 0 Å². The monoisotopic (exact) mass is 259 g/mol. The van der Waals surface area contributed by atoms with E-state index in [0.717, 1.165) is 18.9 Å². The highest BCUT2D eigenvalue weighted by molar-refractivity contribution is 5.34. The third-order valence-electron chi connectivity index (χ3n) is 3.44. The molecular formula is C12H17N7. The van der Waals surface area contributed by atoms with Crippen LogP contribution in [-0.4, -0.2) is 31.0 Å². The average Bonchev–Trinajstić information content (AvgIpc) is 2.85. The maximum absolute atomic E-state index is 5.70. The Morgan fingerprint density at radius 1 is 1.32 bits per heavy atom.